The summed E-state index contributed by atoms with van der Waals surface area (Å²) < 4.78 is 1.83. The number of nitrogens with one attached hydrogen (secondary N) is 2. The molecule has 0 spiro atoms. The Labute approximate surface area is 122 Å². The molecule has 0 aliphatic carbocycles. The van der Waals surface area contributed by atoms with Gasteiger partial charge in [-0.05, 0) is 27.4 Å². The third-order valence-corrected chi connectivity index (χ3v) is 3.41. The summed E-state index contributed by atoms with van der Waals surface area (Å²) in [4.78, 5) is 6.44. The smallest absolute Gasteiger partial charge is 0.191 e. The molecule has 0 fully saturated rings. The molecule has 0 amide bonds. The van der Waals surface area contributed by atoms with Crippen LogP contribution in [-0.4, -0.2) is 54.4 Å². The Morgan fingerprint density at radius 3 is 2.65 bits per heavy atom. The van der Waals surface area contributed by atoms with Crippen molar-refractivity contribution in [2.24, 2.45) is 12.0 Å². The highest BCUT2D eigenvalue weighted by molar-refractivity contribution is 5.79. The molecule has 0 aliphatic rings. The fraction of sp³-hybridized carbons (Fsp3) is 0.714. The van der Waals surface area contributed by atoms with Crippen LogP contribution in [0.2, 0.25) is 0 Å². The summed E-state index contributed by atoms with van der Waals surface area (Å²) in [5, 5.41) is 11.0. The number of likely N-dealkylation sites (N-methyl/N-ethyl adjacent to an activating group) is 1. The Balaban J connectivity index is 2.63. The Bertz CT molecular complexity index is 423. The molecule has 1 rings (SSSR count). The van der Waals surface area contributed by atoms with Crippen molar-refractivity contribution in [1.82, 2.24) is 25.3 Å². The molecule has 1 aromatic heterocycles. The normalized spacial score (nSPS) is 15.2. The van der Waals surface area contributed by atoms with E-state index in [1.54, 1.807) is 7.05 Å². The molecule has 6 heteroatoms. The van der Waals surface area contributed by atoms with E-state index in [-0.39, 0.29) is 6.04 Å². The number of nitrogens with zero attached hydrogens (tertiary/aromatic N) is 4. The Morgan fingerprint density at radius 1 is 1.50 bits per heavy atom. The molecule has 2 unspecified atom stereocenters. The van der Waals surface area contributed by atoms with Crippen molar-refractivity contribution in [3.8, 4) is 0 Å². The summed E-state index contributed by atoms with van der Waals surface area (Å²) in [7, 11) is 7.88. The van der Waals surface area contributed by atoms with Crippen LogP contribution in [0.1, 0.15) is 31.9 Å². The van der Waals surface area contributed by atoms with Crippen LogP contribution in [0.15, 0.2) is 17.4 Å². The molecule has 20 heavy (non-hydrogen) atoms. The van der Waals surface area contributed by atoms with Gasteiger partial charge in [0.25, 0.3) is 0 Å². The predicted molar refractivity (Wildman–Crippen MR) is 83.9 cm³/mol. The molecule has 6 nitrogen and oxygen atoms in total. The van der Waals surface area contributed by atoms with E-state index >= 15 is 0 Å². The maximum Gasteiger partial charge on any atom is 0.191 e. The van der Waals surface area contributed by atoms with Crippen LogP contribution < -0.4 is 10.6 Å². The average molecular weight is 280 g/mol. The van der Waals surface area contributed by atoms with Crippen molar-refractivity contribution in [3.63, 3.8) is 0 Å². The number of guanidine groups is 1. The lowest BCUT2D eigenvalue weighted by atomic mass is 10.1. The van der Waals surface area contributed by atoms with Crippen molar-refractivity contribution >= 4 is 5.96 Å². The van der Waals surface area contributed by atoms with Crippen molar-refractivity contribution < 1.29 is 0 Å². The summed E-state index contributed by atoms with van der Waals surface area (Å²) in [6, 6.07) is 0.677. The fourth-order valence-electron chi connectivity index (χ4n) is 1.93. The zero-order chi connectivity index (χ0) is 15.1. The molecular weight excluding hydrogens is 252 g/mol. The second-order valence-corrected chi connectivity index (χ2v) is 5.33. The van der Waals surface area contributed by atoms with Gasteiger partial charge in [0.2, 0.25) is 0 Å². The minimum Gasteiger partial charge on any atom is -0.354 e. The number of rotatable bonds is 6. The molecule has 1 aromatic rings. The van der Waals surface area contributed by atoms with Crippen molar-refractivity contribution in [1.29, 1.82) is 0 Å². The molecule has 0 aliphatic heterocycles. The van der Waals surface area contributed by atoms with E-state index in [4.69, 9.17) is 0 Å². The molecule has 1 heterocycles. The molecule has 0 aromatic carbocycles. The first-order chi connectivity index (χ1) is 9.47. The van der Waals surface area contributed by atoms with Crippen LogP contribution in [-0.2, 0) is 7.05 Å². The second kappa shape index (κ2) is 7.89. The molecule has 2 atom stereocenters. The van der Waals surface area contributed by atoms with Crippen LogP contribution in [0.4, 0.5) is 0 Å². The maximum absolute atomic E-state index is 4.26. The summed E-state index contributed by atoms with van der Waals surface area (Å²) in [5.41, 5.74) is 1.20. The lowest BCUT2D eigenvalue weighted by molar-refractivity contribution is 0.298. The molecule has 0 saturated heterocycles. The minimum absolute atomic E-state index is 0.263. The van der Waals surface area contributed by atoms with Gasteiger partial charge in [-0.15, -0.1) is 0 Å². The lowest BCUT2D eigenvalue weighted by Crippen LogP contribution is -2.44. The predicted octanol–water partition coefficient (Wildman–Crippen LogP) is 0.986. The summed E-state index contributed by atoms with van der Waals surface area (Å²) in [6.07, 6.45) is 5.04. The average Bonchev–Trinajstić information content (AvgIpc) is 2.83. The summed E-state index contributed by atoms with van der Waals surface area (Å²) >= 11 is 0. The van der Waals surface area contributed by atoms with Gasteiger partial charge in [-0.1, -0.05) is 6.92 Å². The Hall–Kier alpha value is -1.56. The zero-order valence-electron chi connectivity index (χ0n) is 13.5. The van der Waals surface area contributed by atoms with E-state index in [1.165, 1.54) is 5.56 Å². The minimum atomic E-state index is 0.263. The van der Waals surface area contributed by atoms with E-state index in [0.717, 1.165) is 18.9 Å². The monoisotopic (exact) mass is 280 g/mol. The summed E-state index contributed by atoms with van der Waals surface area (Å²) in [5.74, 6) is 0.843. The first-order valence-corrected chi connectivity index (χ1v) is 7.10. The maximum atomic E-state index is 4.26. The SMILES string of the molecule is CCC(C)NC(=NC)NCC(c1cnn(C)c1)N(C)C. The zero-order valence-corrected chi connectivity index (χ0v) is 13.5. The van der Waals surface area contributed by atoms with Crippen LogP contribution in [0.25, 0.3) is 0 Å². The van der Waals surface area contributed by atoms with Gasteiger partial charge in [-0.25, -0.2) is 0 Å². The van der Waals surface area contributed by atoms with Gasteiger partial charge >= 0.3 is 0 Å². The van der Waals surface area contributed by atoms with Crippen LogP contribution >= 0.6 is 0 Å². The number of hydrogen-bond acceptors (Lipinski definition) is 3. The van der Waals surface area contributed by atoms with E-state index < -0.39 is 0 Å². The van der Waals surface area contributed by atoms with Crippen molar-refractivity contribution in [3.05, 3.63) is 18.0 Å². The molecule has 0 bridgehead atoms. The van der Waals surface area contributed by atoms with E-state index in [9.17, 15) is 0 Å². The lowest BCUT2D eigenvalue weighted by Gasteiger charge is -2.25. The molecular formula is C14H28N6. The van der Waals surface area contributed by atoms with E-state index in [0.29, 0.717) is 6.04 Å². The van der Waals surface area contributed by atoms with Gasteiger partial charge in [0.1, 0.15) is 0 Å². The number of aliphatic imine (C=N–C) groups is 1. The quantitative estimate of drug-likeness (QED) is 0.602. The van der Waals surface area contributed by atoms with E-state index in [1.807, 2.05) is 17.9 Å². The fourth-order valence-corrected chi connectivity index (χ4v) is 1.93. The standard InChI is InChI=1S/C14H28N6/c1-7-11(2)18-14(15-3)16-9-13(19(4)5)12-8-17-20(6)10-12/h8,10-11,13H,7,9H2,1-6H3,(H2,15,16,18). The highest BCUT2D eigenvalue weighted by atomic mass is 15.3. The van der Waals surface area contributed by atoms with Crippen LogP contribution in [0.3, 0.4) is 0 Å². The Morgan fingerprint density at radius 2 is 2.20 bits per heavy atom. The van der Waals surface area contributed by atoms with Crippen molar-refractivity contribution in [2.75, 3.05) is 27.7 Å². The first kappa shape index (κ1) is 16.5. The second-order valence-electron chi connectivity index (χ2n) is 5.33. The van der Waals surface area contributed by atoms with Gasteiger partial charge in [-0.3, -0.25) is 9.67 Å². The third-order valence-electron chi connectivity index (χ3n) is 3.41. The van der Waals surface area contributed by atoms with Gasteiger partial charge in [0, 0.05) is 38.4 Å². The van der Waals surface area contributed by atoms with E-state index in [2.05, 4.69) is 59.8 Å². The third kappa shape index (κ3) is 4.85. The largest absolute Gasteiger partial charge is 0.354 e. The molecule has 0 radical (unpaired) electrons. The number of aryl methyl sites for hydroxylation is 1. The first-order valence-electron chi connectivity index (χ1n) is 7.10. The topological polar surface area (TPSA) is 57.5 Å². The molecule has 2 N–H and O–H groups in total. The van der Waals surface area contributed by atoms with Crippen LogP contribution in [0.5, 0.6) is 0 Å². The van der Waals surface area contributed by atoms with Gasteiger partial charge < -0.3 is 15.5 Å². The highest BCUT2D eigenvalue weighted by Gasteiger charge is 2.16. The van der Waals surface area contributed by atoms with Gasteiger partial charge in [-0.2, -0.15) is 5.10 Å². The van der Waals surface area contributed by atoms with Crippen LogP contribution in [0, 0.1) is 0 Å². The highest BCUT2D eigenvalue weighted by Crippen LogP contribution is 2.15. The number of hydrogen-bond donors (Lipinski definition) is 2. The van der Waals surface area contributed by atoms with Crippen molar-refractivity contribution in [2.45, 2.75) is 32.4 Å². The summed E-state index contributed by atoms with van der Waals surface area (Å²) in [6.45, 7) is 5.09. The Kier molecular flexibility index (Phi) is 6.51. The number of aromatic nitrogens is 2. The molecule has 0 saturated carbocycles. The molecule has 114 valence electrons. The van der Waals surface area contributed by atoms with Gasteiger partial charge in [0.15, 0.2) is 5.96 Å². The van der Waals surface area contributed by atoms with Gasteiger partial charge in [0.05, 0.1) is 12.2 Å².